The number of halogens is 1. The van der Waals surface area contributed by atoms with Crippen molar-refractivity contribution in [1.82, 2.24) is 15.3 Å². The molecule has 4 N–H and O–H groups in total. The van der Waals surface area contributed by atoms with Crippen LogP contribution >= 0.6 is 11.6 Å². The van der Waals surface area contributed by atoms with E-state index in [0.717, 1.165) is 47.3 Å². The number of ether oxygens (including phenoxy) is 1. The van der Waals surface area contributed by atoms with E-state index in [1.54, 1.807) is 12.1 Å². The molecule has 1 amide bonds. The smallest absolute Gasteiger partial charge is 0.408 e. The molecule has 62 heavy (non-hydrogen) atoms. The molecular weight excluding hydrogens is 806 g/mol. The first-order valence-electron chi connectivity index (χ1n) is 20.4. The first-order valence-corrected chi connectivity index (χ1v) is 20.7. The highest BCUT2D eigenvalue weighted by Crippen LogP contribution is 2.44. The van der Waals surface area contributed by atoms with E-state index in [-0.39, 0.29) is 39.4 Å². The van der Waals surface area contributed by atoms with Crippen molar-refractivity contribution < 1.29 is 19.4 Å². The van der Waals surface area contributed by atoms with Gasteiger partial charge in [0.25, 0.3) is 0 Å². The first-order chi connectivity index (χ1) is 29.5. The van der Waals surface area contributed by atoms with Crippen LogP contribution in [0.5, 0.6) is 0 Å². The maximum Gasteiger partial charge on any atom is 0.408 e. The van der Waals surface area contributed by atoms with Gasteiger partial charge in [-0.15, -0.1) is 0 Å². The summed E-state index contributed by atoms with van der Waals surface area (Å²) < 4.78 is 5.34. The number of anilines is 3. The standard InChI is InChI=1S/C22H21N3O2.C15H22N2O2.C11H7ClN2O2/c1-22(14-5-15-22)17-8-10-18(11-9-17)23-21-20(25(26)27)13-12-19(24-21)16-6-3-2-4-7-16;1-14(2,3)19-13(18)17-15(9-4-10-15)11-5-7-12(16)8-6-11;12-11-10(14(15)16)7-6-9(13-11)8-4-2-1-3-5-8/h2-4,6-13H,5,14-15H2,1H3,(H,23,24);5-8H,4,9-10,16H2,1-3H3,(H,17,18);1-7H. The second kappa shape index (κ2) is 19.2. The molecule has 0 spiro atoms. The number of hydrogen-bond acceptors (Lipinski definition) is 10. The fourth-order valence-electron chi connectivity index (χ4n) is 7.20. The lowest BCUT2D eigenvalue weighted by Crippen LogP contribution is -2.52. The zero-order chi connectivity index (χ0) is 44.5. The molecule has 0 atom stereocenters. The number of rotatable bonds is 9. The lowest BCUT2D eigenvalue weighted by Gasteiger charge is -2.43. The molecule has 2 heterocycles. The molecule has 13 nitrogen and oxygen atoms in total. The highest BCUT2D eigenvalue weighted by Gasteiger charge is 2.41. The summed E-state index contributed by atoms with van der Waals surface area (Å²) in [5.41, 5.74) is 12.1. The molecule has 2 aromatic heterocycles. The van der Waals surface area contributed by atoms with Crippen LogP contribution in [-0.2, 0) is 15.7 Å². The Morgan fingerprint density at radius 1 is 0.694 bits per heavy atom. The van der Waals surface area contributed by atoms with Gasteiger partial charge in [0.15, 0.2) is 0 Å². The number of benzene rings is 4. The molecule has 6 aromatic rings. The molecular formula is C48H50ClN7O6. The molecule has 0 bridgehead atoms. The van der Waals surface area contributed by atoms with Gasteiger partial charge in [-0.25, -0.2) is 14.8 Å². The largest absolute Gasteiger partial charge is 0.444 e. The number of pyridine rings is 2. The predicted molar refractivity (Wildman–Crippen MR) is 244 cm³/mol. The van der Waals surface area contributed by atoms with Crippen LogP contribution in [0.15, 0.2) is 133 Å². The summed E-state index contributed by atoms with van der Waals surface area (Å²) in [6.07, 6.45) is 6.34. The van der Waals surface area contributed by atoms with E-state index in [4.69, 9.17) is 22.1 Å². The summed E-state index contributed by atoms with van der Waals surface area (Å²) in [6.45, 7) is 7.88. The number of nitro groups is 2. The third-order valence-corrected chi connectivity index (χ3v) is 11.2. The fraction of sp³-hybridized carbons (Fsp3) is 0.271. The van der Waals surface area contributed by atoms with Crippen LogP contribution in [0.3, 0.4) is 0 Å². The summed E-state index contributed by atoms with van der Waals surface area (Å²) in [5, 5.41) is 28.0. The van der Waals surface area contributed by atoms with Gasteiger partial charge in [-0.3, -0.25) is 20.2 Å². The van der Waals surface area contributed by atoms with Gasteiger partial charge in [-0.05, 0) is 106 Å². The van der Waals surface area contributed by atoms with Crippen LogP contribution in [-0.4, -0.2) is 31.5 Å². The van der Waals surface area contributed by atoms with Crippen molar-refractivity contribution in [2.75, 3.05) is 11.1 Å². The number of hydrogen-bond donors (Lipinski definition) is 3. The molecule has 2 aliphatic rings. The van der Waals surface area contributed by atoms with E-state index in [1.165, 1.54) is 37.0 Å². The summed E-state index contributed by atoms with van der Waals surface area (Å²) in [5.74, 6) is 0.254. The molecule has 0 aliphatic heterocycles. The number of amides is 1. The molecule has 4 aromatic carbocycles. The van der Waals surface area contributed by atoms with Crippen LogP contribution in [0.4, 0.5) is 33.4 Å². The molecule has 0 unspecified atom stereocenters. The molecule has 0 saturated heterocycles. The minimum atomic E-state index is -0.551. The van der Waals surface area contributed by atoms with Crippen LogP contribution in [0.25, 0.3) is 22.5 Å². The minimum Gasteiger partial charge on any atom is -0.444 e. The second-order valence-electron chi connectivity index (χ2n) is 16.6. The van der Waals surface area contributed by atoms with E-state index < -0.39 is 15.4 Å². The van der Waals surface area contributed by atoms with E-state index in [9.17, 15) is 25.0 Å². The Morgan fingerprint density at radius 3 is 1.65 bits per heavy atom. The van der Waals surface area contributed by atoms with Crippen molar-refractivity contribution in [2.45, 2.75) is 82.8 Å². The average Bonchev–Trinajstić information content (AvgIpc) is 3.22. The summed E-state index contributed by atoms with van der Waals surface area (Å²) in [6, 6.07) is 41.0. The van der Waals surface area contributed by atoms with E-state index in [2.05, 4.69) is 39.7 Å². The van der Waals surface area contributed by atoms with Crippen molar-refractivity contribution in [1.29, 1.82) is 0 Å². The molecule has 2 aliphatic carbocycles. The highest BCUT2D eigenvalue weighted by atomic mass is 35.5. The van der Waals surface area contributed by atoms with Gasteiger partial charge >= 0.3 is 17.5 Å². The first kappa shape index (κ1) is 44.7. The molecule has 8 rings (SSSR count). The van der Waals surface area contributed by atoms with Gasteiger partial charge in [-0.2, -0.15) is 0 Å². The van der Waals surface area contributed by atoms with Crippen LogP contribution in [0.2, 0.25) is 5.15 Å². The maximum absolute atomic E-state index is 11.9. The Labute approximate surface area is 366 Å². The van der Waals surface area contributed by atoms with Gasteiger partial charge in [0.1, 0.15) is 5.60 Å². The fourth-order valence-corrected chi connectivity index (χ4v) is 7.42. The number of alkyl carbamates (subject to hydrolysis) is 1. The van der Waals surface area contributed by atoms with E-state index in [0.29, 0.717) is 11.4 Å². The minimum absolute atomic E-state index is 0.0373. The quantitative estimate of drug-likeness (QED) is 0.0546. The van der Waals surface area contributed by atoms with Gasteiger partial charge in [0.2, 0.25) is 11.0 Å². The zero-order valence-electron chi connectivity index (χ0n) is 35.1. The maximum atomic E-state index is 11.9. The van der Waals surface area contributed by atoms with Crippen LogP contribution in [0, 0.1) is 20.2 Å². The lowest BCUT2D eigenvalue weighted by molar-refractivity contribution is -0.385. The number of carbonyl (C=O) groups excluding carboxylic acids is 1. The normalized spacial score (nSPS) is 14.5. The number of carbonyl (C=O) groups is 1. The third kappa shape index (κ3) is 11.3. The van der Waals surface area contributed by atoms with Gasteiger partial charge in [0, 0.05) is 34.6 Å². The summed E-state index contributed by atoms with van der Waals surface area (Å²) in [4.78, 5) is 41.5. The predicted octanol–water partition coefficient (Wildman–Crippen LogP) is 12.3. The third-order valence-electron chi connectivity index (χ3n) is 10.9. The molecule has 320 valence electrons. The van der Waals surface area contributed by atoms with Gasteiger partial charge in [-0.1, -0.05) is 110 Å². The molecule has 2 fully saturated rings. The molecule has 2 saturated carbocycles. The van der Waals surface area contributed by atoms with Gasteiger partial charge in [0.05, 0.1) is 26.8 Å². The van der Waals surface area contributed by atoms with Crippen molar-refractivity contribution in [2.24, 2.45) is 0 Å². The summed E-state index contributed by atoms with van der Waals surface area (Å²) >= 11 is 5.72. The number of nitrogens with one attached hydrogen (secondary N) is 2. The second-order valence-corrected chi connectivity index (χ2v) is 17.0. The Balaban J connectivity index is 0.000000162. The number of nitrogen functional groups attached to an aromatic ring is 1. The van der Waals surface area contributed by atoms with Crippen molar-refractivity contribution in [3.8, 4) is 22.5 Å². The van der Waals surface area contributed by atoms with Crippen LogP contribution < -0.4 is 16.4 Å². The monoisotopic (exact) mass is 855 g/mol. The molecule has 0 radical (unpaired) electrons. The van der Waals surface area contributed by atoms with Crippen LogP contribution in [0.1, 0.15) is 77.3 Å². The van der Waals surface area contributed by atoms with E-state index in [1.807, 2.05) is 118 Å². The van der Waals surface area contributed by atoms with Crippen molar-refractivity contribution in [3.05, 3.63) is 170 Å². The Kier molecular flexibility index (Phi) is 13.9. The number of nitrogens with two attached hydrogens (primary N) is 1. The number of aromatic nitrogens is 2. The Hall–Kier alpha value is -6.86. The Bertz CT molecular complexity index is 2490. The van der Waals surface area contributed by atoms with Crippen molar-refractivity contribution in [3.63, 3.8) is 0 Å². The topological polar surface area (TPSA) is 188 Å². The summed E-state index contributed by atoms with van der Waals surface area (Å²) in [7, 11) is 0. The van der Waals surface area contributed by atoms with Gasteiger partial charge < -0.3 is 21.1 Å². The number of nitrogens with zero attached hydrogens (tertiary/aromatic N) is 4. The average molecular weight is 856 g/mol. The molecule has 14 heteroatoms. The van der Waals surface area contributed by atoms with Crippen molar-refractivity contribution >= 4 is 46.3 Å². The zero-order valence-corrected chi connectivity index (χ0v) is 35.9. The lowest BCUT2D eigenvalue weighted by atomic mass is 9.66. The van der Waals surface area contributed by atoms with E-state index >= 15 is 0 Å². The highest BCUT2D eigenvalue weighted by molar-refractivity contribution is 6.31. The Morgan fingerprint density at radius 2 is 1.19 bits per heavy atom. The SMILES string of the molecule is CC(C)(C)OC(=O)NC1(c2ccc(N)cc2)CCC1.CC1(c2ccc(Nc3nc(-c4ccccc4)ccc3[N+](=O)[O-])cc2)CCC1.O=[N+]([O-])c1ccc(-c2ccccc2)nc1Cl.